The monoisotopic (exact) mass is 224 g/mol. The Kier molecular flexibility index (Phi) is 8.12. The molecule has 0 aromatic carbocycles. The van der Waals surface area contributed by atoms with Gasteiger partial charge in [0.05, 0.1) is 13.2 Å². The maximum Gasteiger partial charge on any atom is 0.255 e. The number of halogens is 2. The minimum Gasteiger partial charge on any atom is -0.395 e. The Morgan fingerprint density at radius 1 is 1.40 bits per heavy atom. The first kappa shape index (κ1) is 14.2. The van der Waals surface area contributed by atoms with E-state index in [0.717, 1.165) is 4.90 Å². The van der Waals surface area contributed by atoms with Crippen molar-refractivity contribution < 1.29 is 18.7 Å². The molecule has 0 radical (unpaired) electrons. The van der Waals surface area contributed by atoms with Crippen LogP contribution in [0.5, 0.6) is 0 Å². The van der Waals surface area contributed by atoms with Crippen LogP contribution in [0.2, 0.25) is 0 Å². The number of unbranched alkanes of at least 4 members (excludes halogenated alkanes) is 1. The van der Waals surface area contributed by atoms with Gasteiger partial charge in [0.1, 0.15) is 0 Å². The Morgan fingerprint density at radius 2 is 2.07 bits per heavy atom. The Balaban J connectivity index is 3.92. The molecule has 0 atom stereocenters. The highest BCUT2D eigenvalue weighted by molar-refractivity contribution is 5.76. The van der Waals surface area contributed by atoms with Gasteiger partial charge in [-0.1, -0.05) is 0 Å². The van der Waals surface area contributed by atoms with E-state index in [0.29, 0.717) is 19.4 Å². The van der Waals surface area contributed by atoms with E-state index in [2.05, 4.69) is 0 Å². The number of nitrogens with zero attached hydrogens (tertiary/aromatic N) is 1. The second-order valence-corrected chi connectivity index (χ2v) is 3.20. The van der Waals surface area contributed by atoms with E-state index >= 15 is 0 Å². The summed E-state index contributed by atoms with van der Waals surface area (Å²) < 4.78 is 24.1. The number of hydrogen-bond donors (Lipinski definition) is 2. The summed E-state index contributed by atoms with van der Waals surface area (Å²) in [6.45, 7) is -0.453. The summed E-state index contributed by atoms with van der Waals surface area (Å²) >= 11 is 0. The number of carbonyl (C=O) groups is 1. The van der Waals surface area contributed by atoms with E-state index in [1.54, 1.807) is 0 Å². The van der Waals surface area contributed by atoms with Gasteiger partial charge in [-0.3, -0.25) is 4.79 Å². The topological polar surface area (TPSA) is 66.6 Å². The van der Waals surface area contributed by atoms with Crippen molar-refractivity contribution >= 4 is 5.91 Å². The lowest BCUT2D eigenvalue weighted by molar-refractivity contribution is -0.133. The van der Waals surface area contributed by atoms with E-state index in [4.69, 9.17) is 10.8 Å². The molecule has 0 unspecified atom stereocenters. The summed E-state index contributed by atoms with van der Waals surface area (Å²) in [5.74, 6) is -0.349. The summed E-state index contributed by atoms with van der Waals surface area (Å²) in [7, 11) is 0. The third-order valence-corrected chi connectivity index (χ3v) is 1.93. The van der Waals surface area contributed by atoms with E-state index in [9.17, 15) is 13.6 Å². The predicted octanol–water partition coefficient (Wildman–Crippen LogP) is 0.201. The predicted molar refractivity (Wildman–Crippen MR) is 52.6 cm³/mol. The lowest BCUT2D eigenvalue weighted by Crippen LogP contribution is -2.37. The SMILES string of the molecule is NCCCCC(=O)N(CCO)CC(F)F. The smallest absolute Gasteiger partial charge is 0.255 e. The van der Waals surface area contributed by atoms with Crippen LogP contribution in [-0.2, 0) is 4.79 Å². The van der Waals surface area contributed by atoms with Gasteiger partial charge in [-0.2, -0.15) is 0 Å². The molecule has 0 rings (SSSR count). The number of aliphatic hydroxyl groups is 1. The largest absolute Gasteiger partial charge is 0.395 e. The van der Waals surface area contributed by atoms with Crippen molar-refractivity contribution in [3.63, 3.8) is 0 Å². The average molecular weight is 224 g/mol. The number of aliphatic hydroxyl groups excluding tert-OH is 1. The fourth-order valence-corrected chi connectivity index (χ4v) is 1.18. The van der Waals surface area contributed by atoms with Crippen molar-refractivity contribution in [3.8, 4) is 0 Å². The molecule has 0 saturated heterocycles. The highest BCUT2D eigenvalue weighted by atomic mass is 19.3. The summed E-state index contributed by atoms with van der Waals surface area (Å²) in [6.07, 6.45) is -1.05. The van der Waals surface area contributed by atoms with Crippen LogP contribution >= 0.6 is 0 Å². The minimum absolute atomic E-state index is 0.0359. The molecule has 0 aliphatic carbocycles. The molecule has 0 spiro atoms. The van der Waals surface area contributed by atoms with Crippen LogP contribution < -0.4 is 5.73 Å². The van der Waals surface area contributed by atoms with E-state index in [1.165, 1.54) is 0 Å². The van der Waals surface area contributed by atoms with Gasteiger partial charge in [0, 0.05) is 13.0 Å². The molecule has 0 saturated carbocycles. The maximum atomic E-state index is 12.1. The van der Waals surface area contributed by atoms with Gasteiger partial charge in [0.15, 0.2) is 0 Å². The zero-order valence-electron chi connectivity index (χ0n) is 8.66. The molecule has 90 valence electrons. The lowest BCUT2D eigenvalue weighted by Gasteiger charge is -2.21. The fraction of sp³-hybridized carbons (Fsp3) is 0.889. The van der Waals surface area contributed by atoms with Crippen LogP contribution in [0, 0.1) is 0 Å². The maximum absolute atomic E-state index is 12.1. The Hall–Kier alpha value is -0.750. The van der Waals surface area contributed by atoms with Gasteiger partial charge in [-0.25, -0.2) is 8.78 Å². The molecule has 15 heavy (non-hydrogen) atoms. The molecular weight excluding hydrogens is 206 g/mol. The van der Waals surface area contributed by atoms with Gasteiger partial charge < -0.3 is 15.7 Å². The molecule has 0 aliphatic heterocycles. The molecule has 1 amide bonds. The summed E-state index contributed by atoms with van der Waals surface area (Å²) in [5, 5.41) is 8.61. The third-order valence-electron chi connectivity index (χ3n) is 1.93. The quantitative estimate of drug-likeness (QED) is 0.579. The normalized spacial score (nSPS) is 10.7. The number of hydrogen-bond acceptors (Lipinski definition) is 3. The van der Waals surface area contributed by atoms with Crippen molar-refractivity contribution in [1.82, 2.24) is 4.90 Å². The van der Waals surface area contributed by atoms with Crippen LogP contribution in [0.1, 0.15) is 19.3 Å². The first-order valence-electron chi connectivity index (χ1n) is 4.98. The van der Waals surface area contributed by atoms with Gasteiger partial charge >= 0.3 is 0 Å². The number of carbonyl (C=O) groups excluding carboxylic acids is 1. The number of amides is 1. The first-order chi connectivity index (χ1) is 7.11. The summed E-state index contributed by atoms with van der Waals surface area (Å²) in [5.41, 5.74) is 5.25. The highest BCUT2D eigenvalue weighted by Crippen LogP contribution is 2.03. The second kappa shape index (κ2) is 8.55. The van der Waals surface area contributed by atoms with E-state index < -0.39 is 13.0 Å². The van der Waals surface area contributed by atoms with Crippen LogP contribution in [0.15, 0.2) is 0 Å². The van der Waals surface area contributed by atoms with Gasteiger partial charge in [-0.15, -0.1) is 0 Å². The second-order valence-electron chi connectivity index (χ2n) is 3.20. The summed E-state index contributed by atoms with van der Waals surface area (Å²) in [6, 6.07) is 0. The average Bonchev–Trinajstić information content (AvgIpc) is 2.17. The van der Waals surface area contributed by atoms with Crippen molar-refractivity contribution in [2.45, 2.75) is 25.7 Å². The Labute approximate surface area is 88.0 Å². The third kappa shape index (κ3) is 7.21. The zero-order valence-corrected chi connectivity index (χ0v) is 8.66. The summed E-state index contributed by atoms with van der Waals surface area (Å²) in [4.78, 5) is 12.4. The number of alkyl halides is 2. The van der Waals surface area contributed by atoms with E-state index in [-0.39, 0.29) is 25.5 Å². The van der Waals surface area contributed by atoms with Gasteiger partial charge in [-0.05, 0) is 19.4 Å². The highest BCUT2D eigenvalue weighted by Gasteiger charge is 2.16. The van der Waals surface area contributed by atoms with Crippen molar-refractivity contribution in [2.24, 2.45) is 5.73 Å². The minimum atomic E-state index is -2.56. The van der Waals surface area contributed by atoms with Crippen LogP contribution in [0.3, 0.4) is 0 Å². The van der Waals surface area contributed by atoms with Crippen LogP contribution in [0.4, 0.5) is 8.78 Å². The first-order valence-corrected chi connectivity index (χ1v) is 4.98. The molecule has 0 bridgehead atoms. The van der Waals surface area contributed by atoms with Gasteiger partial charge in [0.2, 0.25) is 5.91 Å². The van der Waals surface area contributed by atoms with Gasteiger partial charge in [0.25, 0.3) is 6.43 Å². The lowest BCUT2D eigenvalue weighted by atomic mass is 10.2. The molecule has 0 aromatic rings. The van der Waals surface area contributed by atoms with Crippen molar-refractivity contribution in [1.29, 1.82) is 0 Å². The molecule has 0 aromatic heterocycles. The van der Waals surface area contributed by atoms with Crippen LogP contribution in [0.25, 0.3) is 0 Å². The van der Waals surface area contributed by atoms with Crippen molar-refractivity contribution in [2.75, 3.05) is 26.2 Å². The molecule has 0 heterocycles. The standard InChI is InChI=1S/C9H18F2N2O2/c10-8(11)7-13(5-6-14)9(15)3-1-2-4-12/h8,14H,1-7,12H2. The molecule has 0 aliphatic rings. The Bertz CT molecular complexity index is 179. The molecule has 0 fully saturated rings. The number of nitrogens with two attached hydrogens (primary N) is 1. The number of rotatable bonds is 8. The molecular formula is C9H18F2N2O2. The fourth-order valence-electron chi connectivity index (χ4n) is 1.18. The van der Waals surface area contributed by atoms with Crippen molar-refractivity contribution in [3.05, 3.63) is 0 Å². The molecule has 4 nitrogen and oxygen atoms in total. The molecule has 3 N–H and O–H groups in total. The zero-order chi connectivity index (χ0) is 11.7. The Morgan fingerprint density at radius 3 is 2.53 bits per heavy atom. The molecule has 6 heteroatoms. The van der Waals surface area contributed by atoms with Crippen LogP contribution in [-0.4, -0.2) is 48.6 Å². The van der Waals surface area contributed by atoms with E-state index in [1.807, 2.05) is 0 Å².